The highest BCUT2D eigenvalue weighted by Gasteiger charge is 2.24. The summed E-state index contributed by atoms with van der Waals surface area (Å²) in [4.78, 5) is 14.5. The summed E-state index contributed by atoms with van der Waals surface area (Å²) in [5, 5.41) is 19.1. The van der Waals surface area contributed by atoms with Gasteiger partial charge in [0, 0.05) is 25.3 Å². The number of amides is 1. The van der Waals surface area contributed by atoms with Gasteiger partial charge in [-0.1, -0.05) is 12.1 Å². The molecule has 0 spiro atoms. The molecule has 0 aliphatic carbocycles. The normalized spacial score (nSPS) is 19.3. The Bertz CT molecular complexity index is 507. The summed E-state index contributed by atoms with van der Waals surface area (Å²) in [6.45, 7) is 5.15. The number of carbonyl (C=O) groups is 1. The Kier molecular flexibility index (Phi) is 5.59. The van der Waals surface area contributed by atoms with Gasteiger partial charge < -0.3 is 15.1 Å². The molecule has 0 aromatic heterocycles. The van der Waals surface area contributed by atoms with Crippen LogP contribution in [0.2, 0.25) is 0 Å². The molecule has 4 nitrogen and oxygen atoms in total. The van der Waals surface area contributed by atoms with Crippen molar-refractivity contribution in [3.63, 3.8) is 0 Å². The summed E-state index contributed by atoms with van der Waals surface area (Å²) in [6.07, 6.45) is 3.37. The molecule has 1 aliphatic heterocycles. The minimum atomic E-state index is -0.693. The number of aliphatic hydroxyl groups is 2. The van der Waals surface area contributed by atoms with Gasteiger partial charge in [0.05, 0.1) is 5.60 Å². The van der Waals surface area contributed by atoms with Crippen molar-refractivity contribution in [2.24, 2.45) is 5.92 Å². The van der Waals surface area contributed by atoms with Crippen LogP contribution >= 0.6 is 0 Å². The van der Waals surface area contributed by atoms with Gasteiger partial charge in [0.1, 0.15) is 0 Å². The Morgan fingerprint density at radius 3 is 2.86 bits per heavy atom. The molecule has 4 heteroatoms. The van der Waals surface area contributed by atoms with Gasteiger partial charge in [-0.15, -0.1) is 0 Å². The van der Waals surface area contributed by atoms with E-state index in [9.17, 15) is 15.0 Å². The Morgan fingerprint density at radius 1 is 1.41 bits per heavy atom. The van der Waals surface area contributed by atoms with Crippen molar-refractivity contribution in [3.8, 4) is 0 Å². The first-order valence-corrected chi connectivity index (χ1v) is 8.10. The van der Waals surface area contributed by atoms with Gasteiger partial charge in [-0.2, -0.15) is 0 Å². The highest BCUT2D eigenvalue weighted by atomic mass is 16.3. The lowest BCUT2D eigenvalue weighted by Gasteiger charge is -2.32. The van der Waals surface area contributed by atoms with Gasteiger partial charge in [-0.3, -0.25) is 4.79 Å². The first-order valence-electron chi connectivity index (χ1n) is 8.10. The van der Waals surface area contributed by atoms with E-state index in [4.69, 9.17) is 0 Å². The summed E-state index contributed by atoms with van der Waals surface area (Å²) < 4.78 is 0. The molecule has 22 heavy (non-hydrogen) atoms. The number of nitrogens with zero attached hydrogens (tertiary/aromatic N) is 1. The van der Waals surface area contributed by atoms with E-state index in [-0.39, 0.29) is 18.4 Å². The molecule has 0 saturated carbocycles. The minimum absolute atomic E-state index is 0.0447. The van der Waals surface area contributed by atoms with Gasteiger partial charge in [0.25, 0.3) is 5.91 Å². The van der Waals surface area contributed by atoms with Gasteiger partial charge in [0.15, 0.2) is 0 Å². The number of rotatable bonds is 5. The number of aryl methyl sites for hydroxylation is 1. The van der Waals surface area contributed by atoms with Crippen molar-refractivity contribution in [3.05, 3.63) is 35.4 Å². The van der Waals surface area contributed by atoms with Crippen molar-refractivity contribution >= 4 is 5.91 Å². The maximum atomic E-state index is 12.6. The highest BCUT2D eigenvalue weighted by Crippen LogP contribution is 2.19. The van der Waals surface area contributed by atoms with Crippen molar-refractivity contribution in [2.45, 2.75) is 45.1 Å². The molecule has 1 aromatic rings. The molecule has 2 rings (SSSR count). The zero-order chi connectivity index (χ0) is 16.2. The maximum absolute atomic E-state index is 12.6. The lowest BCUT2D eigenvalue weighted by molar-refractivity contribution is 0.0620. The van der Waals surface area contributed by atoms with E-state index < -0.39 is 5.60 Å². The zero-order valence-electron chi connectivity index (χ0n) is 13.6. The van der Waals surface area contributed by atoms with E-state index in [1.54, 1.807) is 13.8 Å². The lowest BCUT2D eigenvalue weighted by atomic mass is 9.96. The van der Waals surface area contributed by atoms with Crippen LogP contribution < -0.4 is 0 Å². The molecule has 1 atom stereocenters. The van der Waals surface area contributed by atoms with Crippen LogP contribution in [0.25, 0.3) is 0 Å². The summed E-state index contributed by atoms with van der Waals surface area (Å²) in [7, 11) is 0. The predicted octanol–water partition coefficient (Wildman–Crippen LogP) is 2.23. The van der Waals surface area contributed by atoms with Crippen LogP contribution in [0.4, 0.5) is 0 Å². The average molecular weight is 305 g/mol. The van der Waals surface area contributed by atoms with E-state index in [1.165, 1.54) is 0 Å². The Balaban J connectivity index is 2.03. The molecule has 1 aromatic carbocycles. The smallest absolute Gasteiger partial charge is 0.253 e. The molecule has 0 radical (unpaired) electrons. The molecule has 1 fully saturated rings. The van der Waals surface area contributed by atoms with Crippen LogP contribution in [0.5, 0.6) is 0 Å². The molecular formula is C18H27NO3. The summed E-state index contributed by atoms with van der Waals surface area (Å²) in [5.74, 6) is 0.249. The fourth-order valence-electron chi connectivity index (χ4n) is 2.89. The second-order valence-electron chi connectivity index (χ2n) is 6.95. The van der Waals surface area contributed by atoms with Crippen LogP contribution in [-0.4, -0.2) is 46.3 Å². The summed E-state index contributed by atoms with van der Waals surface area (Å²) in [5.41, 5.74) is 1.08. The fourth-order valence-corrected chi connectivity index (χ4v) is 2.89. The van der Waals surface area contributed by atoms with Crippen LogP contribution in [-0.2, 0) is 6.42 Å². The van der Waals surface area contributed by atoms with Gasteiger partial charge in [-0.25, -0.2) is 0 Å². The third kappa shape index (κ3) is 4.82. The molecular weight excluding hydrogens is 278 g/mol. The standard InChI is InChI=1S/C18H27NO3/c1-18(2,22)9-8-14-5-3-7-16(11-14)17(21)19-10-4-6-15(12-19)13-20/h3,5,7,11,15,20,22H,4,6,8-10,12-13H2,1-2H3/t15-/m1/s1. The number of carbonyl (C=O) groups excluding carboxylic acids is 1. The third-order valence-electron chi connectivity index (χ3n) is 4.26. The molecule has 0 bridgehead atoms. The molecule has 0 unspecified atom stereocenters. The van der Waals surface area contributed by atoms with Crippen molar-refractivity contribution in [1.29, 1.82) is 0 Å². The number of likely N-dealkylation sites (tertiary alicyclic amines) is 1. The number of hydrogen-bond acceptors (Lipinski definition) is 3. The lowest BCUT2D eigenvalue weighted by Crippen LogP contribution is -2.40. The van der Waals surface area contributed by atoms with Crippen LogP contribution in [0, 0.1) is 5.92 Å². The monoisotopic (exact) mass is 305 g/mol. The maximum Gasteiger partial charge on any atom is 0.253 e. The Labute approximate surface area is 132 Å². The van der Waals surface area contributed by atoms with E-state index in [0.29, 0.717) is 18.5 Å². The van der Waals surface area contributed by atoms with E-state index in [2.05, 4.69) is 0 Å². The first kappa shape index (κ1) is 17.0. The quantitative estimate of drug-likeness (QED) is 0.877. The number of hydrogen-bond donors (Lipinski definition) is 2. The number of aliphatic hydroxyl groups excluding tert-OH is 1. The fraction of sp³-hybridized carbons (Fsp3) is 0.611. The van der Waals surface area contributed by atoms with Crippen molar-refractivity contribution < 1.29 is 15.0 Å². The molecule has 1 saturated heterocycles. The number of benzene rings is 1. The van der Waals surface area contributed by atoms with Crippen LogP contribution in [0.3, 0.4) is 0 Å². The molecule has 122 valence electrons. The minimum Gasteiger partial charge on any atom is -0.396 e. The van der Waals surface area contributed by atoms with E-state index >= 15 is 0 Å². The third-order valence-corrected chi connectivity index (χ3v) is 4.26. The SMILES string of the molecule is CC(C)(O)CCc1cccc(C(=O)N2CCC[C@@H](CO)C2)c1. The van der Waals surface area contributed by atoms with Gasteiger partial charge in [0.2, 0.25) is 0 Å². The highest BCUT2D eigenvalue weighted by molar-refractivity contribution is 5.94. The van der Waals surface area contributed by atoms with E-state index in [0.717, 1.165) is 31.4 Å². The number of piperidine rings is 1. The molecule has 2 N–H and O–H groups in total. The molecule has 1 amide bonds. The average Bonchev–Trinajstić information content (AvgIpc) is 2.52. The largest absolute Gasteiger partial charge is 0.396 e. The van der Waals surface area contributed by atoms with Crippen molar-refractivity contribution in [1.82, 2.24) is 4.90 Å². The predicted molar refractivity (Wildman–Crippen MR) is 86.8 cm³/mol. The van der Waals surface area contributed by atoms with E-state index in [1.807, 2.05) is 29.2 Å². The van der Waals surface area contributed by atoms with Gasteiger partial charge in [-0.05, 0) is 63.1 Å². The van der Waals surface area contributed by atoms with Crippen molar-refractivity contribution in [2.75, 3.05) is 19.7 Å². The second kappa shape index (κ2) is 7.25. The summed E-state index contributed by atoms with van der Waals surface area (Å²) in [6, 6.07) is 7.67. The zero-order valence-corrected chi connectivity index (χ0v) is 13.6. The van der Waals surface area contributed by atoms with Crippen LogP contribution in [0.1, 0.15) is 49.0 Å². The molecule has 1 heterocycles. The second-order valence-corrected chi connectivity index (χ2v) is 6.95. The summed E-state index contributed by atoms with van der Waals surface area (Å²) >= 11 is 0. The Morgan fingerprint density at radius 2 is 2.18 bits per heavy atom. The van der Waals surface area contributed by atoms with Crippen LogP contribution in [0.15, 0.2) is 24.3 Å². The molecule has 1 aliphatic rings. The Hall–Kier alpha value is -1.39. The first-order chi connectivity index (χ1) is 10.4. The van der Waals surface area contributed by atoms with Gasteiger partial charge >= 0.3 is 0 Å². The topological polar surface area (TPSA) is 60.8 Å².